The summed E-state index contributed by atoms with van der Waals surface area (Å²) in [6.45, 7) is 6.52. The number of hydrogen-bond acceptors (Lipinski definition) is 1. The fourth-order valence-electron chi connectivity index (χ4n) is 2.08. The summed E-state index contributed by atoms with van der Waals surface area (Å²) in [5.74, 6) is 2.98. The first kappa shape index (κ1) is 16.3. The molecule has 0 amide bonds. The Balaban J connectivity index is 2.41. The standard InChI is InChI=1S/C20H22OSi/c1-22(2,3)15-14-19(21)16-20(17-10-6-4-7-11-17)18-12-8-5-9-13-18/h4-13,16,19,21H,1-3H3/t19-/m1/s1. The maximum atomic E-state index is 10.3. The van der Waals surface area contributed by atoms with Crippen molar-refractivity contribution in [3.63, 3.8) is 0 Å². The molecule has 0 unspecified atom stereocenters. The molecule has 0 fully saturated rings. The van der Waals surface area contributed by atoms with Gasteiger partial charge in [0.2, 0.25) is 0 Å². The number of hydrogen-bond donors (Lipinski definition) is 1. The quantitative estimate of drug-likeness (QED) is 0.660. The van der Waals surface area contributed by atoms with Crippen LogP contribution in [0, 0.1) is 11.5 Å². The molecule has 0 aromatic heterocycles. The summed E-state index contributed by atoms with van der Waals surface area (Å²) in [5, 5.41) is 10.3. The minimum atomic E-state index is -1.48. The van der Waals surface area contributed by atoms with Gasteiger partial charge in [-0.25, -0.2) is 0 Å². The molecule has 22 heavy (non-hydrogen) atoms. The molecule has 0 aliphatic rings. The number of benzene rings is 2. The highest BCUT2D eigenvalue weighted by Crippen LogP contribution is 2.23. The van der Waals surface area contributed by atoms with Crippen molar-refractivity contribution in [1.29, 1.82) is 0 Å². The molecule has 2 aromatic rings. The van der Waals surface area contributed by atoms with Gasteiger partial charge in [-0.1, -0.05) is 86.2 Å². The van der Waals surface area contributed by atoms with Crippen molar-refractivity contribution in [2.45, 2.75) is 25.7 Å². The van der Waals surface area contributed by atoms with Crippen LogP contribution in [0.3, 0.4) is 0 Å². The lowest BCUT2D eigenvalue weighted by Gasteiger charge is -2.10. The van der Waals surface area contributed by atoms with Crippen LogP contribution in [0.5, 0.6) is 0 Å². The normalized spacial score (nSPS) is 12.0. The molecule has 0 aliphatic heterocycles. The van der Waals surface area contributed by atoms with Crippen LogP contribution in [-0.4, -0.2) is 19.3 Å². The van der Waals surface area contributed by atoms with Gasteiger partial charge in [0, 0.05) is 0 Å². The first-order chi connectivity index (χ1) is 10.5. The largest absolute Gasteiger partial charge is 0.377 e. The maximum absolute atomic E-state index is 10.3. The van der Waals surface area contributed by atoms with Gasteiger partial charge in [-0.2, -0.15) is 0 Å². The highest BCUT2D eigenvalue weighted by molar-refractivity contribution is 6.83. The molecule has 0 saturated carbocycles. The predicted molar refractivity (Wildman–Crippen MR) is 97.1 cm³/mol. The smallest absolute Gasteiger partial charge is 0.133 e. The molecule has 0 heterocycles. The van der Waals surface area contributed by atoms with Crippen LogP contribution < -0.4 is 0 Å². The third-order valence-corrected chi connectivity index (χ3v) is 3.98. The molecular formula is C20H22OSi. The number of aliphatic hydroxyl groups is 1. The van der Waals surface area contributed by atoms with E-state index < -0.39 is 14.2 Å². The summed E-state index contributed by atoms with van der Waals surface area (Å²) in [5.41, 5.74) is 6.41. The zero-order chi connectivity index (χ0) is 16.0. The number of aliphatic hydroxyl groups excluding tert-OH is 1. The number of rotatable bonds is 3. The minimum Gasteiger partial charge on any atom is -0.377 e. The molecule has 0 bridgehead atoms. The van der Waals surface area contributed by atoms with Crippen molar-refractivity contribution >= 4 is 13.6 Å². The molecule has 2 rings (SSSR count). The Kier molecular flexibility index (Phi) is 5.38. The van der Waals surface area contributed by atoms with E-state index in [2.05, 4.69) is 55.4 Å². The van der Waals surface area contributed by atoms with Crippen LogP contribution in [0.1, 0.15) is 11.1 Å². The lowest BCUT2D eigenvalue weighted by atomic mass is 9.96. The van der Waals surface area contributed by atoms with E-state index in [1.54, 1.807) is 0 Å². The maximum Gasteiger partial charge on any atom is 0.133 e. The summed E-state index contributed by atoms with van der Waals surface area (Å²) >= 11 is 0. The van der Waals surface area contributed by atoms with Crippen LogP contribution in [0.2, 0.25) is 19.6 Å². The third-order valence-electron chi connectivity index (χ3n) is 3.09. The van der Waals surface area contributed by atoms with E-state index in [4.69, 9.17) is 0 Å². The highest BCUT2D eigenvalue weighted by atomic mass is 28.3. The van der Waals surface area contributed by atoms with Gasteiger partial charge in [0.05, 0.1) is 0 Å². The molecular weight excluding hydrogens is 284 g/mol. The van der Waals surface area contributed by atoms with Gasteiger partial charge in [0.15, 0.2) is 0 Å². The average Bonchev–Trinajstić information content (AvgIpc) is 2.52. The minimum absolute atomic E-state index is 0.748. The van der Waals surface area contributed by atoms with E-state index in [9.17, 15) is 5.11 Å². The topological polar surface area (TPSA) is 20.2 Å². The van der Waals surface area contributed by atoms with Gasteiger partial charge in [-0.15, -0.1) is 5.54 Å². The Morgan fingerprint density at radius 3 is 1.77 bits per heavy atom. The molecule has 1 atom stereocenters. The third kappa shape index (κ3) is 5.03. The van der Waals surface area contributed by atoms with Crippen molar-refractivity contribution in [1.82, 2.24) is 0 Å². The van der Waals surface area contributed by atoms with Gasteiger partial charge in [-0.3, -0.25) is 0 Å². The van der Waals surface area contributed by atoms with Crippen molar-refractivity contribution in [2.75, 3.05) is 0 Å². The van der Waals surface area contributed by atoms with E-state index in [1.165, 1.54) is 0 Å². The molecule has 0 saturated heterocycles. The van der Waals surface area contributed by atoms with E-state index >= 15 is 0 Å². The fraction of sp³-hybridized carbons (Fsp3) is 0.200. The monoisotopic (exact) mass is 306 g/mol. The van der Waals surface area contributed by atoms with Crippen molar-refractivity contribution in [3.8, 4) is 11.5 Å². The molecule has 2 aromatic carbocycles. The van der Waals surface area contributed by atoms with Crippen molar-refractivity contribution in [2.24, 2.45) is 0 Å². The molecule has 112 valence electrons. The Morgan fingerprint density at radius 2 is 1.36 bits per heavy atom. The van der Waals surface area contributed by atoms with Gasteiger partial charge in [-0.05, 0) is 22.8 Å². The Labute approximate surface area is 134 Å². The van der Waals surface area contributed by atoms with Crippen LogP contribution in [-0.2, 0) is 0 Å². The van der Waals surface area contributed by atoms with E-state index in [1.807, 2.05) is 42.5 Å². The molecule has 0 radical (unpaired) electrons. The summed E-state index contributed by atoms with van der Waals surface area (Å²) in [4.78, 5) is 0. The fourth-order valence-corrected chi connectivity index (χ4v) is 2.67. The summed E-state index contributed by atoms with van der Waals surface area (Å²) in [7, 11) is -1.48. The van der Waals surface area contributed by atoms with Crippen LogP contribution >= 0.6 is 0 Å². The van der Waals surface area contributed by atoms with Crippen LogP contribution in [0.4, 0.5) is 0 Å². The van der Waals surface area contributed by atoms with Crippen molar-refractivity contribution < 1.29 is 5.11 Å². The van der Waals surface area contributed by atoms with Gasteiger partial charge in [0.25, 0.3) is 0 Å². The van der Waals surface area contributed by atoms with E-state index in [0.29, 0.717) is 0 Å². The molecule has 0 spiro atoms. The Morgan fingerprint density at radius 1 is 0.909 bits per heavy atom. The van der Waals surface area contributed by atoms with Crippen LogP contribution in [0.15, 0.2) is 66.7 Å². The van der Waals surface area contributed by atoms with Gasteiger partial charge >= 0.3 is 0 Å². The second-order valence-electron chi connectivity index (χ2n) is 6.28. The summed E-state index contributed by atoms with van der Waals surface area (Å²) in [6.07, 6.45) is 1.10. The Hall–Kier alpha value is -2.08. The second-order valence-corrected chi connectivity index (χ2v) is 11.0. The molecule has 1 nitrogen and oxygen atoms in total. The SMILES string of the molecule is C[Si](C)(C)C#C[C@@H](O)C=C(c1ccccc1)c1ccccc1. The lowest BCUT2D eigenvalue weighted by molar-refractivity contribution is 0.281. The Bertz CT molecular complexity index is 644. The van der Waals surface area contributed by atoms with E-state index in [-0.39, 0.29) is 0 Å². The predicted octanol–water partition coefficient (Wildman–Crippen LogP) is 4.36. The van der Waals surface area contributed by atoms with Gasteiger partial charge < -0.3 is 5.11 Å². The molecule has 2 heteroatoms. The van der Waals surface area contributed by atoms with Crippen molar-refractivity contribution in [3.05, 3.63) is 77.9 Å². The molecule has 0 aliphatic carbocycles. The first-order valence-electron chi connectivity index (χ1n) is 7.49. The first-order valence-corrected chi connectivity index (χ1v) is 11.0. The van der Waals surface area contributed by atoms with Crippen LogP contribution in [0.25, 0.3) is 5.57 Å². The molecule has 1 N–H and O–H groups in total. The van der Waals surface area contributed by atoms with E-state index in [0.717, 1.165) is 16.7 Å². The lowest BCUT2D eigenvalue weighted by Crippen LogP contribution is -2.17. The second kappa shape index (κ2) is 7.26. The summed E-state index contributed by atoms with van der Waals surface area (Å²) in [6, 6.07) is 20.2. The zero-order valence-corrected chi connectivity index (χ0v) is 14.4. The highest BCUT2D eigenvalue weighted by Gasteiger charge is 2.10. The zero-order valence-electron chi connectivity index (χ0n) is 13.4. The van der Waals surface area contributed by atoms with Gasteiger partial charge in [0.1, 0.15) is 14.2 Å². The average molecular weight is 306 g/mol. The summed E-state index contributed by atoms with van der Waals surface area (Å²) < 4.78 is 0.